The van der Waals surface area contributed by atoms with Gasteiger partial charge in [0.2, 0.25) is 11.9 Å². The first-order valence-electron chi connectivity index (χ1n) is 12.7. The normalized spacial score (nSPS) is 18.1. The molecule has 1 N–H and O–H groups in total. The highest BCUT2D eigenvalue weighted by Crippen LogP contribution is 2.29. The molecule has 5 heteroatoms. The molecule has 0 spiro atoms. The molecule has 0 radical (unpaired) electrons. The van der Waals surface area contributed by atoms with Gasteiger partial charge in [0.15, 0.2) is 0 Å². The molecule has 1 aromatic heterocycles. The van der Waals surface area contributed by atoms with E-state index in [0.717, 1.165) is 56.8 Å². The highest BCUT2D eigenvalue weighted by atomic mass is 16.1. The van der Waals surface area contributed by atoms with Gasteiger partial charge in [-0.1, -0.05) is 55.2 Å². The molecule has 2 aromatic carbocycles. The van der Waals surface area contributed by atoms with Gasteiger partial charge in [0.25, 0.3) is 0 Å². The second-order valence-corrected chi connectivity index (χ2v) is 10.0. The number of aromatic nitrogens is 2. The maximum Gasteiger partial charge on any atom is 0.223 e. The molecule has 3 aromatic rings. The molecule has 0 bridgehead atoms. The zero-order valence-corrected chi connectivity index (χ0v) is 20.0. The van der Waals surface area contributed by atoms with Crippen molar-refractivity contribution in [1.29, 1.82) is 0 Å². The van der Waals surface area contributed by atoms with E-state index in [2.05, 4.69) is 71.1 Å². The van der Waals surface area contributed by atoms with E-state index in [4.69, 9.17) is 4.98 Å². The first kappa shape index (κ1) is 22.0. The number of para-hydroxylation sites is 2. The van der Waals surface area contributed by atoms with Crippen molar-refractivity contribution in [3.63, 3.8) is 0 Å². The van der Waals surface area contributed by atoms with Crippen LogP contribution < -0.4 is 10.2 Å². The van der Waals surface area contributed by atoms with Crippen molar-refractivity contribution in [3.8, 4) is 0 Å². The average Bonchev–Trinajstić information content (AvgIpc) is 3.20. The number of hydrogen-bond acceptors (Lipinski definition) is 3. The van der Waals surface area contributed by atoms with E-state index in [0.29, 0.717) is 6.04 Å². The summed E-state index contributed by atoms with van der Waals surface area (Å²) < 4.78 is 2.36. The van der Waals surface area contributed by atoms with E-state index in [9.17, 15) is 4.79 Å². The van der Waals surface area contributed by atoms with Crippen LogP contribution in [0.5, 0.6) is 0 Å². The molecule has 0 unspecified atom stereocenters. The second-order valence-electron chi connectivity index (χ2n) is 10.0. The standard InChI is InChI=1S/C28H36N4O/c1-20-12-13-21(2)23(18-20)19-32-26-11-7-6-10-25(26)30-28(32)31-16-14-22(15-17-31)27(33)29-24-8-4-3-5-9-24/h6-7,10-13,18,22,24H,3-5,8-9,14-17,19H2,1-2H3,(H,29,33). The Labute approximate surface area is 197 Å². The van der Waals surface area contributed by atoms with E-state index in [1.807, 2.05) is 0 Å². The van der Waals surface area contributed by atoms with Gasteiger partial charge in [-0.05, 0) is 62.8 Å². The Morgan fingerprint density at radius 3 is 2.55 bits per heavy atom. The van der Waals surface area contributed by atoms with E-state index in [1.54, 1.807) is 0 Å². The fourth-order valence-corrected chi connectivity index (χ4v) is 5.51. The summed E-state index contributed by atoms with van der Waals surface area (Å²) in [6, 6.07) is 15.5. The van der Waals surface area contributed by atoms with Crippen molar-refractivity contribution in [2.45, 2.75) is 71.4 Å². The van der Waals surface area contributed by atoms with Gasteiger partial charge in [0, 0.05) is 25.0 Å². The molecule has 1 amide bonds. The lowest BCUT2D eigenvalue weighted by molar-refractivity contribution is -0.126. The van der Waals surface area contributed by atoms with Crippen LogP contribution in [-0.2, 0) is 11.3 Å². The van der Waals surface area contributed by atoms with Gasteiger partial charge in [-0.25, -0.2) is 4.98 Å². The van der Waals surface area contributed by atoms with Crippen LogP contribution in [0.15, 0.2) is 42.5 Å². The second kappa shape index (κ2) is 9.58. The van der Waals surface area contributed by atoms with E-state index < -0.39 is 0 Å². The molecule has 1 saturated heterocycles. The van der Waals surface area contributed by atoms with Gasteiger partial charge in [0.1, 0.15) is 0 Å². The summed E-state index contributed by atoms with van der Waals surface area (Å²) in [6.07, 6.45) is 7.89. The molecule has 2 aliphatic rings. The molecule has 5 rings (SSSR count). The summed E-state index contributed by atoms with van der Waals surface area (Å²) in [7, 11) is 0. The maximum atomic E-state index is 12.9. The number of anilines is 1. The minimum absolute atomic E-state index is 0.125. The van der Waals surface area contributed by atoms with Crippen LogP contribution in [0.25, 0.3) is 11.0 Å². The van der Waals surface area contributed by atoms with Gasteiger partial charge >= 0.3 is 0 Å². The summed E-state index contributed by atoms with van der Waals surface area (Å²) in [5.74, 6) is 1.42. The molecule has 5 nitrogen and oxygen atoms in total. The van der Waals surface area contributed by atoms with Crippen LogP contribution in [0.1, 0.15) is 61.6 Å². The molecule has 174 valence electrons. The third-order valence-electron chi connectivity index (χ3n) is 7.57. The van der Waals surface area contributed by atoms with Crippen molar-refractivity contribution in [3.05, 3.63) is 59.2 Å². The number of aryl methyl sites for hydroxylation is 2. The first-order chi connectivity index (χ1) is 16.1. The molecule has 2 heterocycles. The Morgan fingerprint density at radius 1 is 1.00 bits per heavy atom. The summed E-state index contributed by atoms with van der Waals surface area (Å²) in [4.78, 5) is 20.3. The maximum absolute atomic E-state index is 12.9. The molecule has 1 aliphatic heterocycles. The minimum Gasteiger partial charge on any atom is -0.353 e. The molecule has 0 atom stereocenters. The minimum atomic E-state index is 0.125. The first-order valence-corrected chi connectivity index (χ1v) is 12.7. The lowest BCUT2D eigenvalue weighted by Crippen LogP contribution is -2.45. The Kier molecular flexibility index (Phi) is 6.39. The largest absolute Gasteiger partial charge is 0.353 e. The highest BCUT2D eigenvalue weighted by Gasteiger charge is 2.29. The van der Waals surface area contributed by atoms with Gasteiger partial charge in [-0.15, -0.1) is 0 Å². The Balaban J connectivity index is 1.33. The number of nitrogens with zero attached hydrogens (tertiary/aromatic N) is 3. The summed E-state index contributed by atoms with van der Waals surface area (Å²) in [6.45, 7) is 6.90. The fraction of sp³-hybridized carbons (Fsp3) is 0.500. The number of carbonyl (C=O) groups is 1. The molecule has 2 fully saturated rings. The number of nitrogens with one attached hydrogen (secondary N) is 1. The number of imidazole rings is 1. The van der Waals surface area contributed by atoms with Crippen molar-refractivity contribution in [2.75, 3.05) is 18.0 Å². The Bertz CT molecular complexity index is 1120. The van der Waals surface area contributed by atoms with Crippen LogP contribution in [0, 0.1) is 19.8 Å². The smallest absolute Gasteiger partial charge is 0.223 e. The number of hydrogen-bond donors (Lipinski definition) is 1. The van der Waals surface area contributed by atoms with Gasteiger partial charge < -0.3 is 14.8 Å². The van der Waals surface area contributed by atoms with E-state index in [1.165, 1.54) is 41.5 Å². The van der Waals surface area contributed by atoms with Crippen LogP contribution >= 0.6 is 0 Å². The quantitative estimate of drug-likeness (QED) is 0.576. The monoisotopic (exact) mass is 444 g/mol. The zero-order valence-electron chi connectivity index (χ0n) is 20.0. The van der Waals surface area contributed by atoms with Crippen LogP contribution in [0.3, 0.4) is 0 Å². The highest BCUT2D eigenvalue weighted by molar-refractivity contribution is 5.80. The predicted octanol–water partition coefficient (Wildman–Crippen LogP) is 5.37. The molecule has 1 aliphatic carbocycles. The molecular formula is C28H36N4O. The van der Waals surface area contributed by atoms with Crippen LogP contribution in [0.2, 0.25) is 0 Å². The van der Waals surface area contributed by atoms with Crippen molar-refractivity contribution in [1.82, 2.24) is 14.9 Å². The summed E-state index contributed by atoms with van der Waals surface area (Å²) in [5, 5.41) is 3.34. The number of rotatable bonds is 5. The zero-order chi connectivity index (χ0) is 22.8. The topological polar surface area (TPSA) is 50.2 Å². The Hall–Kier alpha value is -2.82. The summed E-state index contributed by atoms with van der Waals surface area (Å²) >= 11 is 0. The molecule has 33 heavy (non-hydrogen) atoms. The number of piperidine rings is 1. The number of carbonyl (C=O) groups excluding carboxylic acids is 1. The van der Waals surface area contributed by atoms with Gasteiger partial charge in [-0.3, -0.25) is 4.79 Å². The van der Waals surface area contributed by atoms with Gasteiger partial charge in [0.05, 0.1) is 17.6 Å². The van der Waals surface area contributed by atoms with Crippen molar-refractivity contribution in [2.24, 2.45) is 5.92 Å². The summed E-state index contributed by atoms with van der Waals surface area (Å²) in [5.41, 5.74) is 6.13. The average molecular weight is 445 g/mol. The predicted molar refractivity (Wildman–Crippen MR) is 135 cm³/mol. The van der Waals surface area contributed by atoms with E-state index >= 15 is 0 Å². The molecular weight excluding hydrogens is 408 g/mol. The van der Waals surface area contributed by atoms with Crippen molar-refractivity contribution >= 4 is 22.9 Å². The number of fused-ring (bicyclic) bond motifs is 1. The van der Waals surface area contributed by atoms with Crippen molar-refractivity contribution < 1.29 is 4.79 Å². The lowest BCUT2D eigenvalue weighted by Gasteiger charge is -2.33. The van der Waals surface area contributed by atoms with Crippen LogP contribution in [0.4, 0.5) is 5.95 Å². The SMILES string of the molecule is Cc1ccc(C)c(Cn2c(N3CCC(C(=O)NC4CCCCC4)CC3)nc3ccccc32)c1. The third-order valence-corrected chi connectivity index (χ3v) is 7.57. The lowest BCUT2D eigenvalue weighted by atomic mass is 9.92. The number of benzene rings is 2. The number of amides is 1. The fourth-order valence-electron chi connectivity index (χ4n) is 5.51. The third kappa shape index (κ3) is 4.78. The molecule has 1 saturated carbocycles. The van der Waals surface area contributed by atoms with Gasteiger partial charge in [-0.2, -0.15) is 0 Å². The Morgan fingerprint density at radius 2 is 1.76 bits per heavy atom. The van der Waals surface area contributed by atoms with Crippen LogP contribution in [-0.4, -0.2) is 34.6 Å². The van der Waals surface area contributed by atoms with E-state index in [-0.39, 0.29) is 11.8 Å².